The number of carbonyl (C=O) groups excluding carboxylic acids is 1. The maximum absolute atomic E-state index is 12.1. The van der Waals surface area contributed by atoms with Gasteiger partial charge >= 0.3 is 5.97 Å². The minimum atomic E-state index is -0.487. The molecule has 0 aliphatic rings. The maximum atomic E-state index is 12.1. The first-order valence-corrected chi connectivity index (χ1v) is 8.63. The lowest BCUT2D eigenvalue weighted by molar-refractivity contribution is -0.384. The molecule has 26 heavy (non-hydrogen) atoms. The quantitative estimate of drug-likeness (QED) is 0.366. The van der Waals surface area contributed by atoms with E-state index in [1.54, 1.807) is 0 Å². The average molecular weight is 373 g/mol. The van der Waals surface area contributed by atoms with Gasteiger partial charge in [-0.05, 0) is 37.1 Å². The number of rotatable bonds is 6. The number of non-ortho nitro benzene ring substituents is 1. The van der Waals surface area contributed by atoms with E-state index in [-0.39, 0.29) is 24.1 Å². The molecule has 0 saturated carbocycles. The number of nitro groups is 1. The number of aryl methyl sites for hydroxylation is 2. The molecule has 0 unspecified atom stereocenters. The predicted molar refractivity (Wildman–Crippen MR) is 93.9 cm³/mol. The standard InChI is InChI=1S/C17H15N3O5S/c1-3-13-10(2)8-14(26-13)17(21)24-9-15-18-19-16(25-15)11-4-6-12(7-5-11)20(22)23/h4-8H,3,9H2,1-2H3. The monoisotopic (exact) mass is 373 g/mol. The first-order valence-electron chi connectivity index (χ1n) is 7.81. The van der Waals surface area contributed by atoms with Gasteiger partial charge in [0.25, 0.3) is 11.6 Å². The van der Waals surface area contributed by atoms with Gasteiger partial charge in [-0.2, -0.15) is 0 Å². The molecule has 0 aliphatic carbocycles. The van der Waals surface area contributed by atoms with E-state index in [1.165, 1.54) is 35.6 Å². The highest BCUT2D eigenvalue weighted by Crippen LogP contribution is 2.24. The van der Waals surface area contributed by atoms with Gasteiger partial charge in [0, 0.05) is 22.6 Å². The molecule has 134 valence electrons. The molecule has 8 nitrogen and oxygen atoms in total. The summed E-state index contributed by atoms with van der Waals surface area (Å²) < 4.78 is 10.7. The molecule has 0 spiro atoms. The van der Waals surface area contributed by atoms with E-state index in [4.69, 9.17) is 9.15 Å². The third kappa shape index (κ3) is 3.77. The zero-order valence-electron chi connectivity index (χ0n) is 14.1. The molecular formula is C17H15N3O5S. The molecule has 1 aromatic carbocycles. The fourth-order valence-electron chi connectivity index (χ4n) is 2.32. The summed E-state index contributed by atoms with van der Waals surface area (Å²) in [5, 5.41) is 18.4. The van der Waals surface area contributed by atoms with Crippen molar-refractivity contribution in [1.29, 1.82) is 0 Å². The van der Waals surface area contributed by atoms with Crippen LogP contribution < -0.4 is 0 Å². The molecule has 0 amide bonds. The van der Waals surface area contributed by atoms with Crippen LogP contribution in [0.15, 0.2) is 34.7 Å². The van der Waals surface area contributed by atoms with Crippen molar-refractivity contribution in [3.05, 3.63) is 61.7 Å². The number of carbonyl (C=O) groups is 1. The van der Waals surface area contributed by atoms with Crippen molar-refractivity contribution in [3.63, 3.8) is 0 Å². The summed E-state index contributed by atoms with van der Waals surface area (Å²) in [6.45, 7) is 3.85. The van der Waals surface area contributed by atoms with Crippen molar-refractivity contribution in [2.45, 2.75) is 26.9 Å². The number of nitrogens with zero attached hydrogens (tertiary/aromatic N) is 3. The van der Waals surface area contributed by atoms with Crippen molar-refractivity contribution < 1.29 is 18.9 Å². The van der Waals surface area contributed by atoms with E-state index < -0.39 is 10.9 Å². The highest BCUT2D eigenvalue weighted by Gasteiger charge is 2.16. The number of hydrogen-bond donors (Lipinski definition) is 0. The van der Waals surface area contributed by atoms with Crippen molar-refractivity contribution >= 4 is 23.0 Å². The molecule has 2 heterocycles. The summed E-state index contributed by atoms with van der Waals surface area (Å²) >= 11 is 1.41. The summed E-state index contributed by atoms with van der Waals surface area (Å²) in [5.74, 6) is -0.0882. The van der Waals surface area contributed by atoms with Gasteiger partial charge in [-0.15, -0.1) is 21.5 Å². The first-order chi connectivity index (χ1) is 12.5. The van der Waals surface area contributed by atoms with E-state index in [0.717, 1.165) is 16.9 Å². The Kier molecular flexibility index (Phi) is 5.08. The summed E-state index contributed by atoms with van der Waals surface area (Å²) in [4.78, 5) is 24.0. The third-order valence-electron chi connectivity index (χ3n) is 3.66. The molecule has 0 saturated heterocycles. The van der Waals surface area contributed by atoms with Gasteiger partial charge in [0.2, 0.25) is 5.89 Å². The maximum Gasteiger partial charge on any atom is 0.348 e. The molecule has 0 atom stereocenters. The lowest BCUT2D eigenvalue weighted by atomic mass is 10.2. The SMILES string of the molecule is CCc1sc(C(=O)OCc2nnc(-c3ccc([N+](=O)[O-])cc3)o2)cc1C. The molecule has 3 aromatic rings. The van der Waals surface area contributed by atoms with E-state index in [9.17, 15) is 14.9 Å². The van der Waals surface area contributed by atoms with Gasteiger partial charge in [0.15, 0.2) is 6.61 Å². The van der Waals surface area contributed by atoms with Crippen LogP contribution in [-0.2, 0) is 17.8 Å². The minimum absolute atomic E-state index is 0.0277. The molecule has 0 fully saturated rings. The lowest BCUT2D eigenvalue weighted by Crippen LogP contribution is -2.03. The molecule has 9 heteroatoms. The topological polar surface area (TPSA) is 108 Å². The largest absolute Gasteiger partial charge is 0.451 e. The van der Waals surface area contributed by atoms with Crippen molar-refractivity contribution in [2.24, 2.45) is 0 Å². The number of esters is 1. The number of nitro benzene ring substituents is 1. The summed E-state index contributed by atoms with van der Waals surface area (Å²) in [5.41, 5.74) is 1.59. The van der Waals surface area contributed by atoms with Crippen molar-refractivity contribution in [2.75, 3.05) is 0 Å². The van der Waals surface area contributed by atoms with Crippen LogP contribution in [-0.4, -0.2) is 21.1 Å². The second kappa shape index (κ2) is 7.44. The van der Waals surface area contributed by atoms with Gasteiger partial charge in [0.1, 0.15) is 4.88 Å². The number of ether oxygens (including phenoxy) is 1. The Labute approximate surface area is 152 Å². The van der Waals surface area contributed by atoms with Crippen molar-refractivity contribution in [1.82, 2.24) is 10.2 Å². The van der Waals surface area contributed by atoms with E-state index in [0.29, 0.717) is 10.4 Å². The van der Waals surface area contributed by atoms with Crippen LogP contribution in [0, 0.1) is 17.0 Å². The summed E-state index contributed by atoms with van der Waals surface area (Å²) in [7, 11) is 0. The Morgan fingerprint density at radius 1 is 1.31 bits per heavy atom. The van der Waals surface area contributed by atoms with Crippen LogP contribution >= 0.6 is 11.3 Å². The lowest BCUT2D eigenvalue weighted by Gasteiger charge is -1.99. The fourth-order valence-corrected chi connectivity index (χ4v) is 3.33. The molecular weight excluding hydrogens is 358 g/mol. The number of benzene rings is 1. The van der Waals surface area contributed by atoms with Crippen LogP contribution in [0.25, 0.3) is 11.5 Å². The van der Waals surface area contributed by atoms with Crippen molar-refractivity contribution in [3.8, 4) is 11.5 Å². The Balaban J connectivity index is 1.64. The second-order valence-electron chi connectivity index (χ2n) is 5.45. The number of aromatic nitrogens is 2. The highest BCUT2D eigenvalue weighted by molar-refractivity contribution is 7.14. The second-order valence-corrected chi connectivity index (χ2v) is 6.59. The van der Waals surface area contributed by atoms with E-state index in [1.807, 2.05) is 19.9 Å². The molecule has 0 N–H and O–H groups in total. The number of hydrogen-bond acceptors (Lipinski definition) is 8. The van der Waals surface area contributed by atoms with Gasteiger partial charge in [-0.1, -0.05) is 6.92 Å². The van der Waals surface area contributed by atoms with Crippen LogP contribution in [0.5, 0.6) is 0 Å². The molecule has 0 bridgehead atoms. The zero-order valence-corrected chi connectivity index (χ0v) is 14.9. The first kappa shape index (κ1) is 17.7. The smallest absolute Gasteiger partial charge is 0.348 e. The molecule has 0 aliphatic heterocycles. The van der Waals surface area contributed by atoms with Crippen LogP contribution in [0.1, 0.15) is 32.9 Å². The zero-order chi connectivity index (χ0) is 18.7. The van der Waals surface area contributed by atoms with Gasteiger partial charge < -0.3 is 9.15 Å². The fraction of sp³-hybridized carbons (Fsp3) is 0.235. The Morgan fingerprint density at radius 2 is 2.04 bits per heavy atom. The molecule has 2 aromatic heterocycles. The Bertz CT molecular complexity index is 946. The summed E-state index contributed by atoms with van der Waals surface area (Å²) in [6, 6.07) is 7.54. The molecule has 3 rings (SSSR count). The average Bonchev–Trinajstić information content (AvgIpc) is 3.26. The van der Waals surface area contributed by atoms with Crippen LogP contribution in [0.2, 0.25) is 0 Å². The number of thiophene rings is 1. The predicted octanol–water partition coefficient (Wildman–Crippen LogP) is 3.93. The normalized spacial score (nSPS) is 10.7. The Hall–Kier alpha value is -3.07. The van der Waals surface area contributed by atoms with Crippen LogP contribution in [0.3, 0.4) is 0 Å². The van der Waals surface area contributed by atoms with E-state index in [2.05, 4.69) is 10.2 Å². The third-order valence-corrected chi connectivity index (χ3v) is 5.02. The van der Waals surface area contributed by atoms with Gasteiger partial charge in [-0.3, -0.25) is 10.1 Å². The Morgan fingerprint density at radius 3 is 2.65 bits per heavy atom. The van der Waals surface area contributed by atoms with Crippen LogP contribution in [0.4, 0.5) is 5.69 Å². The van der Waals surface area contributed by atoms with Gasteiger partial charge in [-0.25, -0.2) is 4.79 Å². The van der Waals surface area contributed by atoms with E-state index >= 15 is 0 Å². The van der Waals surface area contributed by atoms with Gasteiger partial charge in [0.05, 0.1) is 4.92 Å². The molecule has 0 radical (unpaired) electrons. The summed E-state index contributed by atoms with van der Waals surface area (Å²) in [6.07, 6.45) is 0.867. The highest BCUT2D eigenvalue weighted by atomic mass is 32.1. The minimum Gasteiger partial charge on any atom is -0.451 e.